The highest BCUT2D eigenvalue weighted by Gasteiger charge is 2.23. The van der Waals surface area contributed by atoms with Crippen LogP contribution in [-0.4, -0.2) is 25.3 Å². The van der Waals surface area contributed by atoms with Crippen LogP contribution in [0.4, 0.5) is 5.69 Å². The Morgan fingerprint density at radius 1 is 1.44 bits per heavy atom. The molecule has 98 valence electrons. The smallest absolute Gasteiger partial charge is 0.313 e. The fourth-order valence-electron chi connectivity index (χ4n) is 2.02. The summed E-state index contributed by atoms with van der Waals surface area (Å²) < 4.78 is 10.7. The molecule has 18 heavy (non-hydrogen) atoms. The van der Waals surface area contributed by atoms with Crippen molar-refractivity contribution < 1.29 is 14.3 Å². The zero-order chi connectivity index (χ0) is 13.0. The van der Waals surface area contributed by atoms with E-state index in [0.717, 1.165) is 18.4 Å². The Balaban J connectivity index is 1.95. The summed E-state index contributed by atoms with van der Waals surface area (Å²) in [5, 5.41) is 0. The maximum Gasteiger partial charge on any atom is 0.313 e. The topological polar surface area (TPSA) is 61.5 Å². The van der Waals surface area contributed by atoms with Crippen molar-refractivity contribution >= 4 is 11.7 Å². The van der Waals surface area contributed by atoms with Gasteiger partial charge in [-0.05, 0) is 24.6 Å². The molecular weight excluding hydrogens is 230 g/mol. The largest absolute Gasteiger partial charge is 0.462 e. The number of anilines is 1. The van der Waals surface area contributed by atoms with Crippen molar-refractivity contribution in [3.05, 3.63) is 29.8 Å². The van der Waals surface area contributed by atoms with Crippen LogP contribution in [0, 0.1) is 0 Å². The lowest BCUT2D eigenvalue weighted by Crippen LogP contribution is -2.28. The number of hydrogen-bond acceptors (Lipinski definition) is 4. The Bertz CT molecular complexity index is 413. The van der Waals surface area contributed by atoms with Crippen LogP contribution in [-0.2, 0) is 14.3 Å². The van der Waals surface area contributed by atoms with E-state index in [-0.39, 0.29) is 18.0 Å². The first-order valence-electron chi connectivity index (χ1n) is 6.30. The number of hydrogen-bond donors (Lipinski definition) is 1. The molecule has 0 bridgehead atoms. The Hall–Kier alpha value is -1.55. The van der Waals surface area contributed by atoms with E-state index in [9.17, 15) is 4.79 Å². The second-order valence-electron chi connectivity index (χ2n) is 4.64. The average Bonchev–Trinajstić information content (AvgIpc) is 2.39. The third-order valence-electron chi connectivity index (χ3n) is 3.22. The summed E-state index contributed by atoms with van der Waals surface area (Å²) in [6.45, 7) is 3.19. The molecule has 0 radical (unpaired) electrons. The molecule has 0 amide bonds. The fraction of sp³-hybridized carbons (Fsp3) is 0.500. The molecule has 1 fully saturated rings. The zero-order valence-electron chi connectivity index (χ0n) is 10.6. The fourth-order valence-corrected chi connectivity index (χ4v) is 2.02. The first-order chi connectivity index (χ1) is 8.66. The number of esters is 1. The molecule has 0 aliphatic carbocycles. The van der Waals surface area contributed by atoms with E-state index in [4.69, 9.17) is 15.2 Å². The van der Waals surface area contributed by atoms with E-state index in [0.29, 0.717) is 18.9 Å². The van der Waals surface area contributed by atoms with Crippen LogP contribution in [0.25, 0.3) is 0 Å². The van der Waals surface area contributed by atoms with Gasteiger partial charge in [-0.1, -0.05) is 12.1 Å². The first-order valence-corrected chi connectivity index (χ1v) is 6.30. The van der Waals surface area contributed by atoms with Crippen LogP contribution >= 0.6 is 0 Å². The standard InChI is InChI=1S/C14H19NO3/c1-10(11-3-2-4-12(15)9-11)14(16)18-13-5-7-17-8-6-13/h2-4,9-10,13H,5-8,15H2,1H3. The zero-order valence-corrected chi connectivity index (χ0v) is 10.6. The van der Waals surface area contributed by atoms with Gasteiger partial charge in [-0.25, -0.2) is 0 Å². The van der Waals surface area contributed by atoms with Gasteiger partial charge in [-0.15, -0.1) is 0 Å². The lowest BCUT2D eigenvalue weighted by Gasteiger charge is -2.24. The molecule has 0 aromatic heterocycles. The van der Waals surface area contributed by atoms with Crippen molar-refractivity contribution in [2.45, 2.75) is 31.8 Å². The summed E-state index contributed by atoms with van der Waals surface area (Å²) >= 11 is 0. The van der Waals surface area contributed by atoms with Crippen LogP contribution in [0.2, 0.25) is 0 Å². The van der Waals surface area contributed by atoms with Gasteiger partial charge in [0.05, 0.1) is 19.1 Å². The molecule has 1 saturated heterocycles. The number of carbonyl (C=O) groups excluding carboxylic acids is 1. The average molecular weight is 249 g/mol. The summed E-state index contributed by atoms with van der Waals surface area (Å²) in [6, 6.07) is 7.37. The Morgan fingerprint density at radius 3 is 2.83 bits per heavy atom. The minimum Gasteiger partial charge on any atom is -0.462 e. The Kier molecular flexibility index (Phi) is 4.20. The van der Waals surface area contributed by atoms with Gasteiger partial charge in [0.15, 0.2) is 0 Å². The number of benzene rings is 1. The van der Waals surface area contributed by atoms with Gasteiger partial charge in [0.1, 0.15) is 6.10 Å². The quantitative estimate of drug-likeness (QED) is 0.658. The normalized spacial score (nSPS) is 18.3. The molecule has 4 heteroatoms. The Morgan fingerprint density at radius 2 is 2.17 bits per heavy atom. The minimum atomic E-state index is -0.281. The van der Waals surface area contributed by atoms with Gasteiger partial charge < -0.3 is 15.2 Å². The molecule has 1 aliphatic rings. The number of nitrogens with two attached hydrogens (primary N) is 1. The van der Waals surface area contributed by atoms with E-state index in [1.165, 1.54) is 0 Å². The van der Waals surface area contributed by atoms with Crippen molar-refractivity contribution in [1.29, 1.82) is 0 Å². The van der Waals surface area contributed by atoms with Crippen LogP contribution < -0.4 is 5.73 Å². The van der Waals surface area contributed by atoms with Crippen LogP contribution in [0.5, 0.6) is 0 Å². The second-order valence-corrected chi connectivity index (χ2v) is 4.64. The van der Waals surface area contributed by atoms with Crippen LogP contribution in [0.15, 0.2) is 24.3 Å². The third-order valence-corrected chi connectivity index (χ3v) is 3.22. The van der Waals surface area contributed by atoms with Gasteiger partial charge in [-0.2, -0.15) is 0 Å². The molecule has 2 N–H and O–H groups in total. The molecular formula is C14H19NO3. The summed E-state index contributed by atoms with van der Waals surface area (Å²) in [4.78, 5) is 12.0. The summed E-state index contributed by atoms with van der Waals surface area (Å²) in [7, 11) is 0. The van der Waals surface area contributed by atoms with Crippen molar-refractivity contribution in [2.75, 3.05) is 18.9 Å². The molecule has 1 aromatic carbocycles. The lowest BCUT2D eigenvalue weighted by molar-refractivity contribution is -0.154. The van der Waals surface area contributed by atoms with E-state index < -0.39 is 0 Å². The van der Waals surface area contributed by atoms with Crippen molar-refractivity contribution in [3.63, 3.8) is 0 Å². The van der Waals surface area contributed by atoms with Crippen LogP contribution in [0.1, 0.15) is 31.2 Å². The molecule has 1 aliphatic heterocycles. The van der Waals surface area contributed by atoms with Gasteiger partial charge in [0, 0.05) is 18.5 Å². The van der Waals surface area contributed by atoms with Gasteiger partial charge in [0.25, 0.3) is 0 Å². The van der Waals surface area contributed by atoms with Crippen LogP contribution in [0.3, 0.4) is 0 Å². The first kappa shape index (κ1) is 12.9. The van der Waals surface area contributed by atoms with E-state index >= 15 is 0 Å². The minimum absolute atomic E-state index is 0.00485. The SMILES string of the molecule is CC(C(=O)OC1CCOCC1)c1cccc(N)c1. The summed E-state index contributed by atoms with van der Waals surface area (Å²) in [5.74, 6) is -0.469. The number of rotatable bonds is 3. The molecule has 2 rings (SSSR count). The summed E-state index contributed by atoms with van der Waals surface area (Å²) in [6.07, 6.45) is 1.57. The van der Waals surface area contributed by atoms with E-state index in [1.807, 2.05) is 25.1 Å². The third kappa shape index (κ3) is 3.23. The molecule has 0 saturated carbocycles. The molecule has 1 unspecified atom stereocenters. The van der Waals surface area contributed by atoms with E-state index in [1.54, 1.807) is 6.07 Å². The molecule has 1 aromatic rings. The Labute approximate surface area is 107 Å². The van der Waals surface area contributed by atoms with Gasteiger partial charge >= 0.3 is 5.97 Å². The maximum atomic E-state index is 12.0. The predicted octanol–water partition coefficient (Wildman–Crippen LogP) is 2.09. The molecule has 0 spiro atoms. The predicted molar refractivity (Wildman–Crippen MR) is 69.2 cm³/mol. The monoisotopic (exact) mass is 249 g/mol. The number of carbonyl (C=O) groups is 1. The highest BCUT2D eigenvalue weighted by atomic mass is 16.6. The van der Waals surface area contributed by atoms with Gasteiger partial charge in [-0.3, -0.25) is 4.79 Å². The number of nitrogen functional groups attached to an aromatic ring is 1. The van der Waals surface area contributed by atoms with E-state index in [2.05, 4.69) is 0 Å². The van der Waals surface area contributed by atoms with Gasteiger partial charge in [0.2, 0.25) is 0 Å². The van der Waals surface area contributed by atoms with Crippen molar-refractivity contribution in [1.82, 2.24) is 0 Å². The molecule has 1 heterocycles. The summed E-state index contributed by atoms with van der Waals surface area (Å²) in [5.41, 5.74) is 7.27. The highest BCUT2D eigenvalue weighted by molar-refractivity contribution is 5.78. The lowest BCUT2D eigenvalue weighted by atomic mass is 10.0. The molecule has 1 atom stereocenters. The molecule has 4 nitrogen and oxygen atoms in total. The maximum absolute atomic E-state index is 12.0. The highest BCUT2D eigenvalue weighted by Crippen LogP contribution is 2.21. The second kappa shape index (κ2) is 5.87. The van der Waals surface area contributed by atoms with Crippen molar-refractivity contribution in [2.24, 2.45) is 0 Å². The van der Waals surface area contributed by atoms with Crippen molar-refractivity contribution in [3.8, 4) is 0 Å². The number of ether oxygens (including phenoxy) is 2.